The first-order valence-corrected chi connectivity index (χ1v) is 8.23. The largest absolute Gasteiger partial charge is 0.326 e. The fraction of sp³-hybridized carbons (Fsp3) is 0.176. The molecular weight excluding hydrogens is 410 g/mol. The van der Waals surface area contributed by atoms with Crippen LogP contribution in [0.1, 0.15) is 6.42 Å². The highest BCUT2D eigenvalue weighted by Gasteiger charge is 2.35. The van der Waals surface area contributed by atoms with Crippen molar-refractivity contribution in [2.24, 2.45) is 5.92 Å². The number of amides is 2. The molecule has 3 rings (SSSR count). The van der Waals surface area contributed by atoms with E-state index < -0.39 is 5.92 Å². The predicted octanol–water partition coefficient (Wildman–Crippen LogP) is 3.42. The summed E-state index contributed by atoms with van der Waals surface area (Å²) < 4.78 is 14.1. The average molecular weight is 424 g/mol. The number of halogens is 2. The minimum Gasteiger partial charge on any atom is -0.326 e. The molecule has 0 radical (unpaired) electrons. The Morgan fingerprint density at radius 2 is 1.78 bits per heavy atom. The standard InChI is InChI=1S/C17H14FIN2O2/c18-12-1-7-15(8-2-12)21-10-11(9-16(21)22)17(23)20-14-5-3-13(19)4-6-14/h1-8,11H,9-10H2,(H,20,23). The Labute approximate surface area is 146 Å². The third-order valence-electron chi connectivity index (χ3n) is 3.75. The third-order valence-corrected chi connectivity index (χ3v) is 4.47. The van der Waals surface area contributed by atoms with Crippen molar-refractivity contribution in [2.75, 3.05) is 16.8 Å². The van der Waals surface area contributed by atoms with Crippen LogP contribution in [0.2, 0.25) is 0 Å². The first kappa shape index (κ1) is 15.9. The molecule has 1 unspecified atom stereocenters. The number of carbonyl (C=O) groups excluding carboxylic acids is 2. The smallest absolute Gasteiger partial charge is 0.229 e. The third kappa shape index (κ3) is 3.69. The quantitative estimate of drug-likeness (QED) is 0.768. The van der Waals surface area contributed by atoms with Gasteiger partial charge in [0.05, 0.1) is 5.92 Å². The lowest BCUT2D eigenvalue weighted by Gasteiger charge is -2.16. The molecule has 0 spiro atoms. The van der Waals surface area contributed by atoms with Gasteiger partial charge in [-0.2, -0.15) is 0 Å². The Bertz CT molecular complexity index is 731. The molecule has 23 heavy (non-hydrogen) atoms. The zero-order valence-electron chi connectivity index (χ0n) is 12.1. The van der Waals surface area contributed by atoms with Crippen LogP contribution < -0.4 is 10.2 Å². The second-order valence-corrected chi connectivity index (χ2v) is 6.62. The van der Waals surface area contributed by atoms with Crippen molar-refractivity contribution >= 4 is 45.8 Å². The van der Waals surface area contributed by atoms with Gasteiger partial charge in [-0.15, -0.1) is 0 Å². The van der Waals surface area contributed by atoms with Crippen molar-refractivity contribution in [1.82, 2.24) is 0 Å². The van der Waals surface area contributed by atoms with E-state index in [1.165, 1.54) is 17.0 Å². The molecule has 0 bridgehead atoms. The predicted molar refractivity (Wildman–Crippen MR) is 94.6 cm³/mol. The molecule has 1 aliphatic heterocycles. The summed E-state index contributed by atoms with van der Waals surface area (Å²) in [5.41, 5.74) is 1.32. The van der Waals surface area contributed by atoms with Crippen LogP contribution in [0, 0.1) is 15.3 Å². The molecule has 2 aromatic rings. The van der Waals surface area contributed by atoms with Crippen LogP contribution >= 0.6 is 22.6 Å². The highest BCUT2D eigenvalue weighted by molar-refractivity contribution is 14.1. The number of nitrogens with zero attached hydrogens (tertiary/aromatic N) is 1. The average Bonchev–Trinajstić information content (AvgIpc) is 2.92. The summed E-state index contributed by atoms with van der Waals surface area (Å²) in [6.45, 7) is 0.306. The Morgan fingerprint density at radius 1 is 1.13 bits per heavy atom. The van der Waals surface area contributed by atoms with E-state index >= 15 is 0 Å². The molecule has 118 valence electrons. The van der Waals surface area contributed by atoms with Crippen LogP contribution in [-0.2, 0) is 9.59 Å². The molecule has 0 saturated carbocycles. The molecular formula is C17H14FIN2O2. The Morgan fingerprint density at radius 3 is 2.43 bits per heavy atom. The Kier molecular flexibility index (Phi) is 4.61. The lowest BCUT2D eigenvalue weighted by molar-refractivity contribution is -0.122. The van der Waals surface area contributed by atoms with Crippen molar-refractivity contribution in [3.63, 3.8) is 0 Å². The number of anilines is 2. The van der Waals surface area contributed by atoms with Crippen LogP contribution in [0.5, 0.6) is 0 Å². The van der Waals surface area contributed by atoms with Crippen molar-refractivity contribution in [1.29, 1.82) is 0 Å². The molecule has 1 fully saturated rings. The number of rotatable bonds is 3. The van der Waals surface area contributed by atoms with Crippen molar-refractivity contribution in [3.8, 4) is 0 Å². The van der Waals surface area contributed by atoms with E-state index in [4.69, 9.17) is 0 Å². The van der Waals surface area contributed by atoms with Crippen molar-refractivity contribution < 1.29 is 14.0 Å². The molecule has 6 heteroatoms. The van der Waals surface area contributed by atoms with E-state index in [1.54, 1.807) is 12.1 Å². The molecule has 1 atom stereocenters. The summed E-state index contributed by atoms with van der Waals surface area (Å²) in [7, 11) is 0. The second kappa shape index (κ2) is 6.66. The molecule has 0 aromatic heterocycles. The first-order valence-electron chi connectivity index (χ1n) is 7.15. The van der Waals surface area contributed by atoms with Gasteiger partial charge in [-0.25, -0.2) is 4.39 Å². The van der Waals surface area contributed by atoms with E-state index in [0.29, 0.717) is 17.9 Å². The lowest BCUT2D eigenvalue weighted by Crippen LogP contribution is -2.28. The first-order chi connectivity index (χ1) is 11.0. The van der Waals surface area contributed by atoms with Crippen LogP contribution in [0.15, 0.2) is 48.5 Å². The van der Waals surface area contributed by atoms with Gasteiger partial charge in [-0.05, 0) is 71.1 Å². The lowest BCUT2D eigenvalue weighted by atomic mass is 10.1. The van der Waals surface area contributed by atoms with Gasteiger partial charge in [0.25, 0.3) is 0 Å². The summed E-state index contributed by atoms with van der Waals surface area (Å²) in [6, 6.07) is 13.2. The maximum Gasteiger partial charge on any atom is 0.229 e. The SMILES string of the molecule is O=C(Nc1ccc(I)cc1)C1CC(=O)N(c2ccc(F)cc2)C1. The summed E-state index contributed by atoms with van der Waals surface area (Å²) in [6.07, 6.45) is 0.160. The van der Waals surface area contributed by atoms with Gasteiger partial charge in [0.15, 0.2) is 0 Å². The van der Waals surface area contributed by atoms with Crippen LogP contribution in [0.4, 0.5) is 15.8 Å². The normalized spacial score (nSPS) is 17.4. The number of carbonyl (C=O) groups is 2. The molecule has 2 aromatic carbocycles. The molecule has 1 aliphatic rings. The minimum atomic E-state index is -0.410. The maximum absolute atomic E-state index is 13.0. The van der Waals surface area contributed by atoms with E-state index in [9.17, 15) is 14.0 Å². The van der Waals surface area contributed by atoms with Crippen molar-refractivity contribution in [2.45, 2.75) is 6.42 Å². The van der Waals surface area contributed by atoms with E-state index in [1.807, 2.05) is 24.3 Å². The summed E-state index contributed by atoms with van der Waals surface area (Å²) in [5.74, 6) is -1.07. The zero-order valence-corrected chi connectivity index (χ0v) is 14.3. The highest BCUT2D eigenvalue weighted by Crippen LogP contribution is 2.26. The Balaban J connectivity index is 1.68. The molecule has 1 heterocycles. The van der Waals surface area contributed by atoms with Gasteiger partial charge in [-0.1, -0.05) is 0 Å². The monoisotopic (exact) mass is 424 g/mol. The van der Waals surface area contributed by atoms with Gasteiger partial charge in [-0.3, -0.25) is 9.59 Å². The molecule has 4 nitrogen and oxygen atoms in total. The van der Waals surface area contributed by atoms with Crippen molar-refractivity contribution in [3.05, 3.63) is 57.9 Å². The van der Waals surface area contributed by atoms with Gasteiger partial charge in [0.1, 0.15) is 5.82 Å². The second-order valence-electron chi connectivity index (χ2n) is 5.38. The summed E-state index contributed by atoms with van der Waals surface area (Å²) >= 11 is 2.19. The molecule has 0 aliphatic carbocycles. The number of hydrogen-bond donors (Lipinski definition) is 1. The van der Waals surface area contributed by atoms with Gasteiger partial charge >= 0.3 is 0 Å². The number of benzene rings is 2. The number of nitrogens with one attached hydrogen (secondary N) is 1. The topological polar surface area (TPSA) is 49.4 Å². The van der Waals surface area contributed by atoms with Crippen LogP contribution in [0.3, 0.4) is 0 Å². The van der Waals surface area contributed by atoms with Crippen LogP contribution in [-0.4, -0.2) is 18.4 Å². The molecule has 1 N–H and O–H groups in total. The van der Waals surface area contributed by atoms with Gasteiger partial charge in [0.2, 0.25) is 11.8 Å². The maximum atomic E-state index is 13.0. The van der Waals surface area contributed by atoms with E-state index in [-0.39, 0.29) is 24.1 Å². The molecule has 1 saturated heterocycles. The highest BCUT2D eigenvalue weighted by atomic mass is 127. The number of hydrogen-bond acceptors (Lipinski definition) is 2. The summed E-state index contributed by atoms with van der Waals surface area (Å²) in [4.78, 5) is 26.0. The minimum absolute atomic E-state index is 0.126. The van der Waals surface area contributed by atoms with Crippen LogP contribution in [0.25, 0.3) is 0 Å². The van der Waals surface area contributed by atoms with Gasteiger partial charge in [0, 0.05) is 27.9 Å². The Hall–Kier alpha value is -1.96. The fourth-order valence-corrected chi connectivity index (χ4v) is 2.89. The molecule has 2 amide bonds. The van der Waals surface area contributed by atoms with E-state index in [0.717, 1.165) is 3.57 Å². The summed E-state index contributed by atoms with van der Waals surface area (Å²) in [5, 5.41) is 2.83. The van der Waals surface area contributed by atoms with Gasteiger partial charge < -0.3 is 10.2 Å². The fourth-order valence-electron chi connectivity index (χ4n) is 2.53. The van der Waals surface area contributed by atoms with E-state index in [2.05, 4.69) is 27.9 Å². The zero-order chi connectivity index (χ0) is 16.4.